The van der Waals surface area contributed by atoms with Crippen LogP contribution in [0, 0.1) is 23.7 Å². The fraction of sp³-hybridized carbons (Fsp3) is 0.773. The molecule has 0 bridgehead atoms. The number of benzene rings is 1. The number of nitrogens with zero attached hydrogens (tertiary/aromatic N) is 1. The van der Waals surface area contributed by atoms with Crippen LogP contribution >= 0.6 is 0 Å². The molecule has 0 aliphatic carbocycles. The number of methoxy groups -OCH3 is 1. The Labute approximate surface area is 350 Å². The van der Waals surface area contributed by atoms with Gasteiger partial charge in [-0.05, 0) is 94.5 Å². The van der Waals surface area contributed by atoms with E-state index in [1.165, 1.54) is 0 Å². The summed E-state index contributed by atoms with van der Waals surface area (Å²) in [5.41, 5.74) is -0.287. The highest BCUT2D eigenvalue weighted by atomic mass is 28.4. The van der Waals surface area contributed by atoms with Crippen LogP contribution < -0.4 is 20.7 Å². The molecule has 0 radical (unpaired) electrons. The summed E-state index contributed by atoms with van der Waals surface area (Å²) in [5, 5.41) is 9.21. The van der Waals surface area contributed by atoms with E-state index < -0.39 is 38.1 Å². The van der Waals surface area contributed by atoms with Gasteiger partial charge in [-0.25, -0.2) is 4.79 Å². The Bertz CT molecular complexity index is 1420. The number of rotatable bonds is 23. The van der Waals surface area contributed by atoms with Gasteiger partial charge in [0.25, 0.3) is 5.91 Å². The van der Waals surface area contributed by atoms with Gasteiger partial charge < -0.3 is 44.2 Å². The number of para-hydroxylation sites is 1. The molecule has 4 amide bonds. The van der Waals surface area contributed by atoms with Crippen LogP contribution in [-0.4, -0.2) is 114 Å². The third-order valence-electron chi connectivity index (χ3n) is 11.2. The lowest BCUT2D eigenvalue weighted by Gasteiger charge is -2.43. The van der Waals surface area contributed by atoms with Crippen molar-refractivity contribution in [3.8, 4) is 5.75 Å². The Hall–Kier alpha value is -3.20. The summed E-state index contributed by atoms with van der Waals surface area (Å²) >= 11 is 0. The van der Waals surface area contributed by atoms with E-state index in [9.17, 15) is 19.2 Å². The molecule has 1 fully saturated rings. The van der Waals surface area contributed by atoms with Crippen LogP contribution in [0.3, 0.4) is 0 Å². The Morgan fingerprint density at radius 2 is 1.52 bits per heavy atom. The van der Waals surface area contributed by atoms with E-state index in [1.807, 2.05) is 46.8 Å². The van der Waals surface area contributed by atoms with E-state index in [-0.39, 0.29) is 53.5 Å². The number of ether oxygens (including phenoxy) is 4. The monoisotopic (exact) mass is 835 g/mol. The van der Waals surface area contributed by atoms with Crippen molar-refractivity contribution in [2.75, 3.05) is 59.7 Å². The third kappa shape index (κ3) is 18.0. The lowest BCUT2D eigenvalue weighted by Crippen LogP contribution is -2.55. The van der Waals surface area contributed by atoms with E-state index in [0.29, 0.717) is 70.2 Å². The molecule has 0 spiro atoms. The minimum absolute atomic E-state index is 0.00811. The molecule has 0 unspecified atom stereocenters. The van der Waals surface area contributed by atoms with Crippen molar-refractivity contribution < 1.29 is 42.6 Å². The Kier molecular flexibility index (Phi) is 21.2. The molecule has 1 aromatic rings. The van der Waals surface area contributed by atoms with Gasteiger partial charge in [-0.2, -0.15) is 0 Å². The molecule has 1 saturated heterocycles. The highest BCUT2D eigenvalue weighted by molar-refractivity contribution is 6.74. The standard InChI is InChI=1S/C44H78N4O9Si/c1-31(2)33(30-46-40(50)34-18-14-15-19-37(34)55-25-17-16-24-53-11)28-36(47-42(52)56-43(5,6)7)38(57-58(12,13)44(8,9)10)29-35(32(3)4)41(51)45-21-20-39(49)48-22-26-54-27-23-48/h14-15,18-19,31-33,35-36,38H,16-17,20-30H2,1-13H3,(H,45,51)(H,46,50)(H,47,52)/t33-,35+,36+,38+/m1/s1. The van der Waals surface area contributed by atoms with Crippen molar-refractivity contribution >= 4 is 32.1 Å². The number of carbonyl (C=O) groups is 4. The van der Waals surface area contributed by atoms with E-state index in [1.54, 1.807) is 24.1 Å². The quantitative estimate of drug-likeness (QED) is 0.0768. The average molecular weight is 835 g/mol. The van der Waals surface area contributed by atoms with Crippen LogP contribution in [0.2, 0.25) is 18.1 Å². The minimum Gasteiger partial charge on any atom is -0.493 e. The topological polar surface area (TPSA) is 154 Å². The molecule has 3 N–H and O–H groups in total. The van der Waals surface area contributed by atoms with Crippen LogP contribution in [0.15, 0.2) is 24.3 Å². The third-order valence-corrected chi connectivity index (χ3v) is 15.7. The first kappa shape index (κ1) is 50.9. The lowest BCUT2D eigenvalue weighted by atomic mass is 9.82. The number of carbonyl (C=O) groups excluding carboxylic acids is 4. The Morgan fingerprint density at radius 1 is 0.879 bits per heavy atom. The fourth-order valence-corrected chi connectivity index (χ4v) is 7.86. The molecule has 2 rings (SSSR count). The zero-order valence-electron chi connectivity index (χ0n) is 38.1. The van der Waals surface area contributed by atoms with Crippen LogP contribution in [0.4, 0.5) is 4.79 Å². The minimum atomic E-state index is -2.48. The summed E-state index contributed by atoms with van der Waals surface area (Å²) in [6.07, 6.45) is 1.52. The summed E-state index contributed by atoms with van der Waals surface area (Å²) in [6.45, 7) is 28.3. The van der Waals surface area contributed by atoms with Gasteiger partial charge in [-0.15, -0.1) is 0 Å². The molecule has 0 saturated carbocycles. The summed E-state index contributed by atoms with van der Waals surface area (Å²) in [7, 11) is -0.812. The normalized spacial score (nSPS) is 16.0. The van der Waals surface area contributed by atoms with Gasteiger partial charge in [-0.3, -0.25) is 14.4 Å². The van der Waals surface area contributed by atoms with Gasteiger partial charge >= 0.3 is 6.09 Å². The molecule has 13 nitrogen and oxygen atoms in total. The number of unbranched alkanes of at least 4 members (excludes halogenated alkanes) is 1. The van der Waals surface area contributed by atoms with Gasteiger partial charge in [-0.1, -0.05) is 60.6 Å². The van der Waals surface area contributed by atoms with Crippen molar-refractivity contribution in [3.63, 3.8) is 0 Å². The second-order valence-corrected chi connectivity index (χ2v) is 23.5. The second kappa shape index (κ2) is 24.2. The number of hydrogen-bond acceptors (Lipinski definition) is 9. The molecular formula is C44H78N4O9Si. The average Bonchev–Trinajstić information content (AvgIpc) is 3.13. The number of alkyl carbamates (subject to hydrolysis) is 1. The summed E-state index contributed by atoms with van der Waals surface area (Å²) in [5.74, 6) is -0.402. The van der Waals surface area contributed by atoms with Crippen molar-refractivity contribution in [3.05, 3.63) is 29.8 Å². The van der Waals surface area contributed by atoms with Crippen molar-refractivity contribution in [2.24, 2.45) is 23.7 Å². The fourth-order valence-electron chi connectivity index (χ4n) is 6.49. The van der Waals surface area contributed by atoms with E-state index >= 15 is 0 Å². The van der Waals surface area contributed by atoms with Crippen LogP contribution in [0.5, 0.6) is 5.75 Å². The molecule has 4 atom stereocenters. The summed E-state index contributed by atoms with van der Waals surface area (Å²) in [4.78, 5) is 55.9. The van der Waals surface area contributed by atoms with Crippen LogP contribution in [0.1, 0.15) is 112 Å². The van der Waals surface area contributed by atoms with Gasteiger partial charge in [0.05, 0.1) is 37.5 Å². The zero-order valence-corrected chi connectivity index (χ0v) is 39.1. The molecule has 332 valence electrons. The molecule has 1 aromatic carbocycles. The summed E-state index contributed by atoms with van der Waals surface area (Å²) < 4.78 is 29.5. The van der Waals surface area contributed by atoms with E-state index in [4.69, 9.17) is 23.4 Å². The smallest absolute Gasteiger partial charge is 0.407 e. The number of hydrogen-bond donors (Lipinski definition) is 3. The van der Waals surface area contributed by atoms with Crippen molar-refractivity contribution in [2.45, 2.75) is 137 Å². The van der Waals surface area contributed by atoms with E-state index in [2.05, 4.69) is 63.7 Å². The lowest BCUT2D eigenvalue weighted by molar-refractivity contribution is -0.135. The van der Waals surface area contributed by atoms with Crippen LogP contribution in [-0.2, 0) is 28.2 Å². The predicted octanol–water partition coefficient (Wildman–Crippen LogP) is 7.20. The number of nitrogens with one attached hydrogen (secondary N) is 3. The summed E-state index contributed by atoms with van der Waals surface area (Å²) in [6, 6.07) is 6.67. The molecular weight excluding hydrogens is 757 g/mol. The SMILES string of the molecule is COCCCCOc1ccccc1C(=O)NC[C@@H](C[C@H](NC(=O)OC(C)(C)C)[C@H](C[C@H](C(=O)NCCC(=O)N1CCOCC1)C(C)C)O[Si](C)(C)C(C)(C)C)C(C)C. The van der Waals surface area contributed by atoms with Gasteiger partial charge in [0.15, 0.2) is 8.32 Å². The molecule has 1 aliphatic rings. The molecule has 58 heavy (non-hydrogen) atoms. The highest BCUT2D eigenvalue weighted by Gasteiger charge is 2.43. The maximum absolute atomic E-state index is 14.0. The number of amides is 4. The maximum Gasteiger partial charge on any atom is 0.407 e. The number of morpholine rings is 1. The molecule has 0 aromatic heterocycles. The van der Waals surface area contributed by atoms with Gasteiger partial charge in [0.2, 0.25) is 11.8 Å². The van der Waals surface area contributed by atoms with E-state index in [0.717, 1.165) is 12.8 Å². The van der Waals surface area contributed by atoms with Crippen molar-refractivity contribution in [1.82, 2.24) is 20.9 Å². The predicted molar refractivity (Wildman–Crippen MR) is 232 cm³/mol. The Morgan fingerprint density at radius 3 is 2.10 bits per heavy atom. The van der Waals surface area contributed by atoms with Crippen molar-refractivity contribution in [1.29, 1.82) is 0 Å². The highest BCUT2D eigenvalue weighted by Crippen LogP contribution is 2.39. The zero-order chi connectivity index (χ0) is 43.7. The van der Waals surface area contributed by atoms with Gasteiger partial charge in [0.1, 0.15) is 11.4 Å². The largest absolute Gasteiger partial charge is 0.493 e. The molecule has 1 aliphatic heterocycles. The molecule has 1 heterocycles. The first-order chi connectivity index (χ1) is 27.1. The maximum atomic E-state index is 14.0. The van der Waals surface area contributed by atoms with Gasteiger partial charge in [0, 0.05) is 52.2 Å². The first-order valence-electron chi connectivity index (χ1n) is 21.4. The first-order valence-corrected chi connectivity index (χ1v) is 24.3. The second-order valence-electron chi connectivity index (χ2n) is 18.8. The Balaban J connectivity index is 2.42. The molecule has 14 heteroatoms. The van der Waals surface area contributed by atoms with Crippen LogP contribution in [0.25, 0.3) is 0 Å².